The molecule has 0 saturated carbocycles. The van der Waals surface area contributed by atoms with Gasteiger partial charge in [-0.05, 0) is 51.0 Å². The summed E-state index contributed by atoms with van der Waals surface area (Å²) >= 11 is 1.41. The van der Waals surface area contributed by atoms with Crippen molar-refractivity contribution in [2.24, 2.45) is 0 Å². The van der Waals surface area contributed by atoms with Crippen molar-refractivity contribution in [3.63, 3.8) is 0 Å². The molecule has 28 heavy (non-hydrogen) atoms. The molecule has 1 fully saturated rings. The molecule has 8 heteroatoms. The highest BCUT2D eigenvalue weighted by Crippen LogP contribution is 2.22. The number of anilines is 1. The fourth-order valence-electron chi connectivity index (χ4n) is 3.39. The zero-order chi connectivity index (χ0) is 19.9. The maximum absolute atomic E-state index is 13.0. The molecule has 1 N–H and O–H groups in total. The fraction of sp³-hybridized carbons (Fsp3) is 0.650. The molecule has 1 aliphatic rings. The smallest absolute Gasteiger partial charge is 0.272 e. The number of hydrogen-bond donors (Lipinski definition) is 1. The molecule has 2 aromatic rings. The van der Waals surface area contributed by atoms with Gasteiger partial charge in [0.25, 0.3) is 5.56 Å². The molecule has 1 aliphatic heterocycles. The van der Waals surface area contributed by atoms with E-state index in [-0.39, 0.29) is 24.0 Å². The largest absolute Gasteiger partial charge is 0.379 e. The standard InChI is InChI=1S/C20H30N4O3S/c1-15(2)27-13-6-9-21-17(25)7-12-24-19(26)18-16(8-14-28-18)22-20(24)23-10-4-3-5-11-23/h8,14-15H,3-7,9-13H2,1-2H3,(H,21,25). The van der Waals surface area contributed by atoms with Crippen LogP contribution in [-0.2, 0) is 16.1 Å². The lowest BCUT2D eigenvalue weighted by atomic mass is 10.1. The second-order valence-electron chi connectivity index (χ2n) is 7.42. The Morgan fingerprint density at radius 3 is 2.86 bits per heavy atom. The first-order valence-electron chi connectivity index (χ1n) is 10.2. The highest BCUT2D eigenvalue weighted by molar-refractivity contribution is 7.17. The van der Waals surface area contributed by atoms with Crippen LogP contribution in [0.1, 0.15) is 46.0 Å². The average Bonchev–Trinajstić information content (AvgIpc) is 3.16. The molecule has 2 aromatic heterocycles. The fourth-order valence-corrected chi connectivity index (χ4v) is 4.17. The Morgan fingerprint density at radius 1 is 1.32 bits per heavy atom. The van der Waals surface area contributed by atoms with Gasteiger partial charge in [-0.1, -0.05) is 0 Å². The Balaban J connectivity index is 1.65. The second kappa shape index (κ2) is 10.0. The summed E-state index contributed by atoms with van der Waals surface area (Å²) in [5, 5.41) is 4.81. The minimum atomic E-state index is -0.0488. The number of carbonyl (C=O) groups is 1. The molecular formula is C20H30N4O3S. The zero-order valence-corrected chi connectivity index (χ0v) is 17.6. The molecule has 7 nitrogen and oxygen atoms in total. The molecule has 0 spiro atoms. The van der Waals surface area contributed by atoms with Gasteiger partial charge in [0.2, 0.25) is 11.9 Å². The predicted molar refractivity (Wildman–Crippen MR) is 113 cm³/mol. The van der Waals surface area contributed by atoms with E-state index in [1.165, 1.54) is 17.8 Å². The maximum atomic E-state index is 13.0. The minimum Gasteiger partial charge on any atom is -0.379 e. The molecule has 1 amide bonds. The van der Waals surface area contributed by atoms with Crippen molar-refractivity contribution in [3.05, 3.63) is 21.8 Å². The molecule has 0 radical (unpaired) electrons. The number of ether oxygens (including phenoxy) is 1. The number of piperidine rings is 1. The molecule has 0 bridgehead atoms. The Labute approximate surface area is 169 Å². The number of carbonyl (C=O) groups excluding carboxylic acids is 1. The van der Waals surface area contributed by atoms with E-state index in [1.54, 1.807) is 4.57 Å². The molecule has 3 rings (SSSR count). The van der Waals surface area contributed by atoms with Gasteiger partial charge in [0, 0.05) is 39.2 Å². The van der Waals surface area contributed by atoms with Gasteiger partial charge in [-0.3, -0.25) is 14.2 Å². The molecule has 3 heterocycles. The number of fused-ring (bicyclic) bond motifs is 1. The number of nitrogens with one attached hydrogen (secondary N) is 1. The van der Waals surface area contributed by atoms with E-state index in [4.69, 9.17) is 9.72 Å². The van der Waals surface area contributed by atoms with Crippen molar-refractivity contribution >= 4 is 33.4 Å². The number of nitrogens with zero attached hydrogens (tertiary/aromatic N) is 3. The highest BCUT2D eigenvalue weighted by atomic mass is 32.1. The van der Waals surface area contributed by atoms with E-state index in [2.05, 4.69) is 10.2 Å². The zero-order valence-electron chi connectivity index (χ0n) is 16.8. The van der Waals surface area contributed by atoms with Crippen LogP contribution in [0.2, 0.25) is 0 Å². The van der Waals surface area contributed by atoms with E-state index in [0.717, 1.165) is 37.9 Å². The van der Waals surface area contributed by atoms with E-state index < -0.39 is 0 Å². The Kier molecular flexibility index (Phi) is 7.44. The third-order valence-electron chi connectivity index (χ3n) is 4.84. The monoisotopic (exact) mass is 406 g/mol. The van der Waals surface area contributed by atoms with Gasteiger partial charge < -0.3 is 15.0 Å². The molecule has 1 saturated heterocycles. The minimum absolute atomic E-state index is 0.0429. The van der Waals surface area contributed by atoms with Crippen molar-refractivity contribution in [1.82, 2.24) is 14.9 Å². The first-order chi connectivity index (χ1) is 13.6. The first-order valence-corrected chi connectivity index (χ1v) is 11.1. The Hall–Kier alpha value is -1.93. The summed E-state index contributed by atoms with van der Waals surface area (Å²) in [6.45, 7) is 7.37. The summed E-state index contributed by atoms with van der Waals surface area (Å²) in [6, 6.07) is 1.89. The normalized spacial score (nSPS) is 14.8. The lowest BCUT2D eigenvalue weighted by Crippen LogP contribution is -2.37. The average molecular weight is 407 g/mol. The van der Waals surface area contributed by atoms with E-state index in [1.807, 2.05) is 25.3 Å². The number of aromatic nitrogens is 2. The quantitative estimate of drug-likeness (QED) is 0.648. The topological polar surface area (TPSA) is 76.5 Å². The van der Waals surface area contributed by atoms with Crippen LogP contribution in [0, 0.1) is 0 Å². The van der Waals surface area contributed by atoms with Gasteiger partial charge in [-0.2, -0.15) is 0 Å². The van der Waals surface area contributed by atoms with Crippen LogP contribution in [0.3, 0.4) is 0 Å². The van der Waals surface area contributed by atoms with E-state index in [9.17, 15) is 9.59 Å². The van der Waals surface area contributed by atoms with Gasteiger partial charge in [0.05, 0.1) is 11.6 Å². The van der Waals surface area contributed by atoms with E-state index in [0.29, 0.717) is 30.3 Å². The van der Waals surface area contributed by atoms with Crippen molar-refractivity contribution in [2.45, 2.75) is 58.6 Å². The summed E-state index contributed by atoms with van der Waals surface area (Å²) < 4.78 is 7.82. The third kappa shape index (κ3) is 5.32. The molecular weight excluding hydrogens is 376 g/mol. The third-order valence-corrected chi connectivity index (χ3v) is 5.73. The molecule has 0 atom stereocenters. The van der Waals surface area contributed by atoms with Crippen molar-refractivity contribution in [2.75, 3.05) is 31.1 Å². The SMILES string of the molecule is CC(C)OCCCNC(=O)CCn1c(N2CCCCC2)nc2ccsc2c1=O. The number of hydrogen-bond acceptors (Lipinski definition) is 6. The number of rotatable bonds is 9. The van der Waals surface area contributed by atoms with Crippen LogP contribution in [0.4, 0.5) is 5.95 Å². The number of amides is 1. The van der Waals surface area contributed by atoms with Crippen LogP contribution in [0.25, 0.3) is 10.2 Å². The summed E-state index contributed by atoms with van der Waals surface area (Å²) in [5.74, 6) is 0.654. The Morgan fingerprint density at radius 2 is 2.11 bits per heavy atom. The van der Waals surface area contributed by atoms with Crippen molar-refractivity contribution in [3.8, 4) is 0 Å². The van der Waals surface area contributed by atoms with Crippen LogP contribution >= 0.6 is 11.3 Å². The van der Waals surface area contributed by atoms with Crippen molar-refractivity contribution < 1.29 is 9.53 Å². The predicted octanol–water partition coefficient (Wildman–Crippen LogP) is 2.77. The van der Waals surface area contributed by atoms with Gasteiger partial charge in [0.15, 0.2) is 0 Å². The molecule has 0 aliphatic carbocycles. The van der Waals surface area contributed by atoms with Crippen molar-refractivity contribution in [1.29, 1.82) is 0 Å². The second-order valence-corrected chi connectivity index (χ2v) is 8.34. The summed E-state index contributed by atoms with van der Waals surface area (Å²) in [4.78, 5) is 32.1. The van der Waals surface area contributed by atoms with E-state index >= 15 is 0 Å². The summed E-state index contributed by atoms with van der Waals surface area (Å²) in [6.07, 6.45) is 4.68. The van der Waals surface area contributed by atoms with Crippen LogP contribution < -0.4 is 15.8 Å². The number of thiophene rings is 1. The van der Waals surface area contributed by atoms with Gasteiger partial charge in [0.1, 0.15) is 4.70 Å². The Bertz CT molecular complexity index is 840. The molecule has 0 aromatic carbocycles. The summed E-state index contributed by atoms with van der Waals surface area (Å²) in [5.41, 5.74) is 0.708. The van der Waals surface area contributed by atoms with Crippen LogP contribution in [0.5, 0.6) is 0 Å². The maximum Gasteiger partial charge on any atom is 0.272 e. The lowest BCUT2D eigenvalue weighted by Gasteiger charge is -2.29. The molecule has 0 unspecified atom stereocenters. The lowest BCUT2D eigenvalue weighted by molar-refractivity contribution is -0.121. The summed E-state index contributed by atoms with van der Waals surface area (Å²) in [7, 11) is 0. The van der Waals surface area contributed by atoms with Gasteiger partial charge >= 0.3 is 0 Å². The van der Waals surface area contributed by atoms with Crippen LogP contribution in [0.15, 0.2) is 16.2 Å². The molecule has 154 valence electrons. The first kappa shape index (κ1) is 20.8. The van der Waals surface area contributed by atoms with Gasteiger partial charge in [-0.15, -0.1) is 11.3 Å². The van der Waals surface area contributed by atoms with Gasteiger partial charge in [-0.25, -0.2) is 4.98 Å². The van der Waals surface area contributed by atoms with Crippen LogP contribution in [-0.4, -0.2) is 47.8 Å². The highest BCUT2D eigenvalue weighted by Gasteiger charge is 2.20.